The maximum atomic E-state index is 11.5. The molecule has 1 aliphatic rings. The fourth-order valence-corrected chi connectivity index (χ4v) is 2.19. The predicted molar refractivity (Wildman–Crippen MR) is 138 cm³/mol. The van der Waals surface area contributed by atoms with Gasteiger partial charge >= 0.3 is 0 Å². The van der Waals surface area contributed by atoms with Crippen LogP contribution in [-0.4, -0.2) is 36.8 Å². The molecule has 3 rings (SSSR count). The molecule has 2 aromatic carbocycles. The van der Waals surface area contributed by atoms with Gasteiger partial charge in [0.15, 0.2) is 11.5 Å². The minimum Gasteiger partial charge on any atom is -0.516 e. The molecule has 2 aromatic rings. The molecule has 3 N–H and O–H groups in total. The van der Waals surface area contributed by atoms with E-state index >= 15 is 0 Å². The Morgan fingerprint density at radius 2 is 1.68 bits per heavy atom. The van der Waals surface area contributed by atoms with Gasteiger partial charge in [-0.15, -0.1) is 6.58 Å². The topological polar surface area (TPSA) is 140 Å². The Hall–Kier alpha value is -3.82. The average molecular weight is 480 g/mol. The van der Waals surface area contributed by atoms with E-state index < -0.39 is 15.8 Å². The number of nitro groups is 1. The molecule has 0 spiro atoms. The quantitative estimate of drug-likeness (QED) is 0.175. The number of aliphatic hydroxyl groups excluding tert-OH is 1. The summed E-state index contributed by atoms with van der Waals surface area (Å²) >= 11 is 0. The van der Waals surface area contributed by atoms with Gasteiger partial charge in [-0.05, 0) is 18.6 Å². The SMILES string of the molecule is C=CCC.CC.CC.CNc1c(Nc2cccc3c2OCCO3)c(=O)c1=O.O=[N+]([O-])C/C=C/O. The number of ether oxygens (including phenoxy) is 2. The summed E-state index contributed by atoms with van der Waals surface area (Å²) in [4.78, 5) is 31.7. The number of fused-ring (bicyclic) bond motifs is 1. The molecule has 0 unspecified atom stereocenters. The van der Waals surface area contributed by atoms with Crippen molar-refractivity contribution < 1.29 is 19.5 Å². The third kappa shape index (κ3) is 10.7. The van der Waals surface area contributed by atoms with Crippen molar-refractivity contribution in [1.82, 2.24) is 0 Å². The Labute approximate surface area is 200 Å². The first-order valence-electron chi connectivity index (χ1n) is 11.1. The predicted octanol–water partition coefficient (Wildman–Crippen LogP) is 4.81. The third-order valence-corrected chi connectivity index (χ3v) is 3.63. The van der Waals surface area contributed by atoms with E-state index in [4.69, 9.17) is 14.6 Å². The number of hydrogen-bond acceptors (Lipinski definition) is 9. The lowest BCUT2D eigenvalue weighted by molar-refractivity contribution is -0.468. The van der Waals surface area contributed by atoms with E-state index in [1.165, 1.54) is 0 Å². The van der Waals surface area contributed by atoms with E-state index in [9.17, 15) is 19.7 Å². The Morgan fingerprint density at radius 3 is 2.15 bits per heavy atom. The number of benzene rings is 1. The molecule has 0 radical (unpaired) electrons. The van der Waals surface area contributed by atoms with Crippen LogP contribution in [0.3, 0.4) is 0 Å². The monoisotopic (exact) mass is 479 g/mol. The van der Waals surface area contributed by atoms with Crippen molar-refractivity contribution in [2.75, 3.05) is 37.4 Å². The molecule has 0 amide bonds. The Kier molecular flexibility index (Phi) is 18.9. The van der Waals surface area contributed by atoms with Gasteiger partial charge in [-0.3, -0.25) is 19.7 Å². The summed E-state index contributed by atoms with van der Waals surface area (Å²) in [5.41, 5.74) is 0.126. The van der Waals surface area contributed by atoms with Gasteiger partial charge in [-0.1, -0.05) is 46.8 Å². The zero-order valence-corrected chi connectivity index (χ0v) is 20.8. The van der Waals surface area contributed by atoms with Crippen LogP contribution in [0, 0.1) is 10.1 Å². The molecule has 34 heavy (non-hydrogen) atoms. The van der Waals surface area contributed by atoms with Crippen molar-refractivity contribution in [3.8, 4) is 11.5 Å². The molecular formula is C24H37N3O7. The Balaban J connectivity index is 0. The molecule has 1 aliphatic heterocycles. The van der Waals surface area contributed by atoms with Gasteiger partial charge in [-0.25, -0.2) is 0 Å². The number of para-hydroxylation sites is 1. The number of nitrogens with zero attached hydrogens (tertiary/aromatic N) is 1. The number of anilines is 3. The van der Waals surface area contributed by atoms with Gasteiger partial charge in [0, 0.05) is 18.0 Å². The molecule has 0 atom stereocenters. The molecule has 0 bridgehead atoms. The van der Waals surface area contributed by atoms with Crippen LogP contribution >= 0.6 is 0 Å². The van der Waals surface area contributed by atoms with Crippen LogP contribution in [0.15, 0.2) is 52.8 Å². The number of hydrogen-bond donors (Lipinski definition) is 3. The van der Waals surface area contributed by atoms with Gasteiger partial charge in [0.25, 0.3) is 10.9 Å². The molecule has 0 aliphatic carbocycles. The largest absolute Gasteiger partial charge is 0.516 e. The van der Waals surface area contributed by atoms with Crippen molar-refractivity contribution in [1.29, 1.82) is 0 Å². The van der Waals surface area contributed by atoms with Crippen LogP contribution < -0.4 is 31.0 Å². The normalized spacial score (nSPS) is 10.5. The van der Waals surface area contributed by atoms with Crippen molar-refractivity contribution in [2.45, 2.75) is 41.0 Å². The minimum atomic E-state index is -0.535. The zero-order chi connectivity index (χ0) is 26.5. The second kappa shape index (κ2) is 19.8. The average Bonchev–Trinajstić information content (AvgIpc) is 2.90. The lowest BCUT2D eigenvalue weighted by Gasteiger charge is -2.22. The third-order valence-electron chi connectivity index (χ3n) is 3.63. The number of nitrogens with one attached hydrogen (secondary N) is 2. The summed E-state index contributed by atoms with van der Waals surface area (Å²) in [5.74, 6) is 1.19. The van der Waals surface area contributed by atoms with Crippen LogP contribution in [0.25, 0.3) is 0 Å². The van der Waals surface area contributed by atoms with E-state index in [1.807, 2.05) is 33.8 Å². The first-order chi connectivity index (χ1) is 16.4. The van der Waals surface area contributed by atoms with E-state index in [1.54, 1.807) is 25.2 Å². The molecule has 0 aromatic heterocycles. The number of allylic oxidation sites excluding steroid dienone is 1. The van der Waals surface area contributed by atoms with E-state index in [2.05, 4.69) is 24.1 Å². The van der Waals surface area contributed by atoms with Gasteiger partial charge < -0.3 is 25.2 Å². The Morgan fingerprint density at radius 1 is 1.12 bits per heavy atom. The zero-order valence-electron chi connectivity index (χ0n) is 20.8. The molecule has 190 valence electrons. The van der Waals surface area contributed by atoms with E-state index in [0.717, 1.165) is 12.5 Å². The smallest absolute Gasteiger partial charge is 0.253 e. The second-order valence-corrected chi connectivity index (χ2v) is 5.71. The first-order valence-corrected chi connectivity index (χ1v) is 11.1. The van der Waals surface area contributed by atoms with E-state index in [-0.39, 0.29) is 12.2 Å². The summed E-state index contributed by atoms with van der Waals surface area (Å²) in [6.07, 6.45) is 4.67. The molecule has 10 nitrogen and oxygen atoms in total. The van der Waals surface area contributed by atoms with Gasteiger partial charge in [0.2, 0.25) is 6.54 Å². The van der Waals surface area contributed by atoms with Crippen LogP contribution in [0.1, 0.15) is 41.0 Å². The molecule has 1 heterocycles. The standard InChI is InChI=1S/C13H12N2O4.C4H8.C3H5NO3.2C2H6/c1-14-9-10(12(17)11(9)16)15-7-3-2-4-8-13(7)19-6-5-18-8;1-3-4-2;5-3-1-2-4(6)7;2*1-2/h2-4,14-15H,5-6H2,1H3;3H,1,4H2,2H3;1,3,5H,2H2;2*1-2H3/b;;3-1+;;. The Bertz CT molecular complexity index is 949. The summed E-state index contributed by atoms with van der Waals surface area (Å²) < 4.78 is 11.0. The van der Waals surface area contributed by atoms with Crippen molar-refractivity contribution in [2.24, 2.45) is 0 Å². The van der Waals surface area contributed by atoms with Gasteiger partial charge in [0.1, 0.15) is 24.6 Å². The molecule has 10 heteroatoms. The summed E-state index contributed by atoms with van der Waals surface area (Å²) in [5, 5.41) is 22.9. The fourth-order valence-electron chi connectivity index (χ4n) is 2.19. The highest BCUT2D eigenvalue weighted by Gasteiger charge is 2.22. The number of rotatable bonds is 6. The van der Waals surface area contributed by atoms with Crippen LogP contribution in [0.5, 0.6) is 11.5 Å². The second-order valence-electron chi connectivity index (χ2n) is 5.71. The van der Waals surface area contributed by atoms with Gasteiger partial charge in [-0.2, -0.15) is 0 Å². The number of aliphatic hydroxyl groups is 1. The fraction of sp³-hybridized carbons (Fsp3) is 0.417. The summed E-state index contributed by atoms with van der Waals surface area (Å²) in [6, 6.07) is 5.35. The highest BCUT2D eigenvalue weighted by atomic mass is 16.6. The maximum absolute atomic E-state index is 11.5. The summed E-state index contributed by atoms with van der Waals surface area (Å²) in [6.45, 7) is 14.2. The van der Waals surface area contributed by atoms with Crippen molar-refractivity contribution >= 4 is 17.1 Å². The van der Waals surface area contributed by atoms with E-state index in [0.29, 0.717) is 42.3 Å². The van der Waals surface area contributed by atoms with Crippen molar-refractivity contribution in [3.05, 3.63) is 73.8 Å². The molecule has 0 fully saturated rings. The lowest BCUT2D eigenvalue weighted by Crippen LogP contribution is -2.36. The molecular weight excluding hydrogens is 442 g/mol. The molecule has 0 saturated carbocycles. The van der Waals surface area contributed by atoms with Crippen LogP contribution in [0.4, 0.5) is 17.1 Å². The molecule has 0 saturated heterocycles. The first kappa shape index (κ1) is 32.4. The van der Waals surface area contributed by atoms with Gasteiger partial charge in [0.05, 0.1) is 11.9 Å². The minimum absolute atomic E-state index is 0.259. The maximum Gasteiger partial charge on any atom is 0.253 e. The van der Waals surface area contributed by atoms with Crippen LogP contribution in [-0.2, 0) is 0 Å². The van der Waals surface area contributed by atoms with Crippen LogP contribution in [0.2, 0.25) is 0 Å². The highest BCUT2D eigenvalue weighted by molar-refractivity contribution is 5.81. The lowest BCUT2D eigenvalue weighted by atomic mass is 10.1. The highest BCUT2D eigenvalue weighted by Crippen LogP contribution is 2.39. The summed E-state index contributed by atoms with van der Waals surface area (Å²) in [7, 11) is 1.60. The van der Waals surface area contributed by atoms with Crippen molar-refractivity contribution in [3.63, 3.8) is 0 Å².